The van der Waals surface area contributed by atoms with Gasteiger partial charge in [0.05, 0.1) is 12.7 Å². The number of ether oxygens (including phenoxy) is 2. The summed E-state index contributed by atoms with van der Waals surface area (Å²) in [5, 5.41) is 23.5. The van der Waals surface area contributed by atoms with E-state index in [1.54, 1.807) is 0 Å². The molecule has 132 valence electrons. The molecule has 3 heterocycles. The summed E-state index contributed by atoms with van der Waals surface area (Å²) in [4.78, 5) is 8.06. The molecular weight excluding hydrogens is 389 g/mol. The van der Waals surface area contributed by atoms with Gasteiger partial charge in [0, 0.05) is 0 Å². The van der Waals surface area contributed by atoms with Gasteiger partial charge >= 0.3 is 0 Å². The van der Waals surface area contributed by atoms with E-state index < -0.39 is 31.2 Å². The topological polar surface area (TPSA) is 129 Å². The van der Waals surface area contributed by atoms with Crippen molar-refractivity contribution in [1.29, 1.82) is 0 Å². The molecule has 1 aliphatic heterocycles. The monoisotopic (exact) mass is 405 g/mol. The highest BCUT2D eigenvalue weighted by Crippen LogP contribution is 2.38. The number of hydrogen-bond acceptors (Lipinski definition) is 8. The summed E-state index contributed by atoms with van der Waals surface area (Å²) in [5.74, 6) is 0.172. The van der Waals surface area contributed by atoms with Gasteiger partial charge in [0.2, 0.25) is 11.8 Å². The van der Waals surface area contributed by atoms with Gasteiger partial charge in [-0.25, -0.2) is 9.07 Å². The van der Waals surface area contributed by atoms with Gasteiger partial charge in [-0.15, -0.1) is 5.10 Å². The fourth-order valence-corrected chi connectivity index (χ4v) is 3.12. The number of fused-ring (bicyclic) bond motifs is 1. The molecule has 0 unspecified atom stereocenters. The third-order valence-electron chi connectivity index (χ3n) is 3.55. The summed E-state index contributed by atoms with van der Waals surface area (Å²) in [6.45, 7) is 3.13. The zero-order valence-corrected chi connectivity index (χ0v) is 14.5. The lowest BCUT2D eigenvalue weighted by atomic mass is 10.1. The minimum atomic E-state index is -1.77. The number of halogens is 2. The molecule has 9 nitrogen and oxygen atoms in total. The highest BCUT2D eigenvalue weighted by atomic mass is 79.9. The Bertz CT molecular complexity index is 758. The maximum Gasteiger partial charge on any atom is 0.231 e. The predicted octanol–water partition coefficient (Wildman–Crippen LogP) is 0.547. The molecule has 4 atom stereocenters. The van der Waals surface area contributed by atoms with E-state index in [2.05, 4.69) is 31.0 Å². The van der Waals surface area contributed by atoms with Crippen LogP contribution in [0.1, 0.15) is 20.1 Å². The van der Waals surface area contributed by atoms with E-state index in [-0.39, 0.29) is 23.6 Å². The van der Waals surface area contributed by atoms with Crippen molar-refractivity contribution >= 4 is 32.9 Å². The first-order valence-electron chi connectivity index (χ1n) is 7.29. The Morgan fingerprint density at radius 1 is 1.46 bits per heavy atom. The molecule has 2 aromatic heterocycles. The number of rotatable bonds is 4. The standard InChI is InChI=1S/C13H17BrFN5O4/c1-4(2)23-11-6-9(14)20(19-10(6)17-13(16)18-11)12-7(15)8(22)5(3-21)24-12/h4-5,7-8,12,21-22H,3H2,1-2H3,(H2,16,17,19)/t5-,7+,8-,12-/m1/s1. The van der Waals surface area contributed by atoms with E-state index in [1.165, 1.54) is 4.68 Å². The number of nitrogens with two attached hydrogens (primary N) is 1. The second-order valence-corrected chi connectivity index (χ2v) is 6.42. The van der Waals surface area contributed by atoms with Crippen LogP contribution in [0.2, 0.25) is 0 Å². The minimum Gasteiger partial charge on any atom is -0.474 e. The zero-order valence-electron chi connectivity index (χ0n) is 12.9. The normalized spacial score (nSPS) is 27.3. The van der Waals surface area contributed by atoms with Crippen LogP contribution in [0.25, 0.3) is 11.0 Å². The Labute approximate surface area is 144 Å². The van der Waals surface area contributed by atoms with Crippen molar-refractivity contribution < 1.29 is 24.1 Å². The van der Waals surface area contributed by atoms with Gasteiger partial charge in [0.15, 0.2) is 18.0 Å². The molecule has 1 fully saturated rings. The van der Waals surface area contributed by atoms with Crippen molar-refractivity contribution in [3.8, 4) is 5.88 Å². The van der Waals surface area contributed by atoms with Gasteiger partial charge in [-0.1, -0.05) is 0 Å². The first-order valence-corrected chi connectivity index (χ1v) is 8.09. The van der Waals surface area contributed by atoms with Crippen molar-refractivity contribution in [3.63, 3.8) is 0 Å². The number of nitrogen functional groups attached to an aromatic ring is 1. The van der Waals surface area contributed by atoms with Crippen LogP contribution in [0.3, 0.4) is 0 Å². The molecule has 0 bridgehead atoms. The van der Waals surface area contributed by atoms with Crippen LogP contribution in [-0.4, -0.2) is 61.1 Å². The van der Waals surface area contributed by atoms with E-state index in [0.29, 0.717) is 9.99 Å². The number of nitrogens with zero attached hydrogens (tertiary/aromatic N) is 4. The number of aliphatic hydroxyl groups excluding tert-OH is 2. The molecule has 4 N–H and O–H groups in total. The quantitative estimate of drug-likeness (QED) is 0.672. The maximum atomic E-state index is 14.3. The average Bonchev–Trinajstić information content (AvgIpc) is 2.97. The molecule has 0 aliphatic carbocycles. The Kier molecular flexibility index (Phi) is 4.60. The number of alkyl halides is 1. The lowest BCUT2D eigenvalue weighted by Gasteiger charge is -2.14. The van der Waals surface area contributed by atoms with Gasteiger partial charge < -0.3 is 25.4 Å². The fraction of sp³-hybridized carbons (Fsp3) is 0.615. The first-order chi connectivity index (χ1) is 11.3. The Balaban J connectivity index is 2.09. The molecule has 0 spiro atoms. The smallest absolute Gasteiger partial charge is 0.231 e. The van der Waals surface area contributed by atoms with Crippen LogP contribution in [0.4, 0.5) is 10.3 Å². The van der Waals surface area contributed by atoms with Gasteiger partial charge in [-0.05, 0) is 29.8 Å². The summed E-state index contributed by atoms with van der Waals surface area (Å²) in [6, 6.07) is 0. The van der Waals surface area contributed by atoms with Gasteiger partial charge in [0.1, 0.15) is 22.2 Å². The van der Waals surface area contributed by atoms with E-state index >= 15 is 0 Å². The van der Waals surface area contributed by atoms with Crippen LogP contribution in [0, 0.1) is 0 Å². The molecule has 11 heteroatoms. The van der Waals surface area contributed by atoms with Crippen molar-refractivity contribution in [2.45, 2.75) is 44.6 Å². The van der Waals surface area contributed by atoms with Gasteiger partial charge in [0.25, 0.3) is 0 Å². The summed E-state index contributed by atoms with van der Waals surface area (Å²) < 4.78 is 26.8. The second kappa shape index (κ2) is 6.39. The number of hydrogen-bond donors (Lipinski definition) is 3. The van der Waals surface area contributed by atoms with Crippen LogP contribution in [0.15, 0.2) is 4.60 Å². The molecule has 2 aromatic rings. The summed E-state index contributed by atoms with van der Waals surface area (Å²) >= 11 is 3.33. The van der Waals surface area contributed by atoms with Crippen LogP contribution < -0.4 is 10.5 Å². The summed E-state index contributed by atoms with van der Waals surface area (Å²) in [5.41, 5.74) is 5.86. The van der Waals surface area contributed by atoms with E-state index in [9.17, 15) is 9.50 Å². The lowest BCUT2D eigenvalue weighted by molar-refractivity contribution is -0.0528. The molecule has 0 saturated carbocycles. The van der Waals surface area contributed by atoms with Crippen LogP contribution >= 0.6 is 15.9 Å². The third kappa shape index (κ3) is 2.81. The molecule has 1 aliphatic rings. The Morgan fingerprint density at radius 2 is 2.17 bits per heavy atom. The number of aliphatic hydroxyl groups is 2. The molecule has 1 saturated heterocycles. The van der Waals surface area contributed by atoms with Crippen molar-refractivity contribution in [2.24, 2.45) is 0 Å². The Morgan fingerprint density at radius 3 is 2.75 bits per heavy atom. The fourth-order valence-electron chi connectivity index (χ4n) is 2.49. The Hall–Kier alpha value is -1.56. The molecule has 0 aromatic carbocycles. The minimum absolute atomic E-state index is 0.0345. The molecule has 0 amide bonds. The average molecular weight is 406 g/mol. The largest absolute Gasteiger partial charge is 0.474 e. The van der Waals surface area contributed by atoms with Crippen molar-refractivity contribution in [2.75, 3.05) is 12.3 Å². The lowest BCUT2D eigenvalue weighted by Crippen LogP contribution is -2.30. The van der Waals surface area contributed by atoms with Gasteiger partial charge in [-0.3, -0.25) is 0 Å². The highest BCUT2D eigenvalue weighted by molar-refractivity contribution is 9.10. The van der Waals surface area contributed by atoms with Gasteiger partial charge in [-0.2, -0.15) is 9.97 Å². The maximum absolute atomic E-state index is 14.3. The third-order valence-corrected chi connectivity index (χ3v) is 4.31. The summed E-state index contributed by atoms with van der Waals surface area (Å²) in [7, 11) is 0. The number of aromatic nitrogens is 4. The molecule has 3 rings (SSSR count). The van der Waals surface area contributed by atoms with Crippen LogP contribution in [-0.2, 0) is 4.74 Å². The van der Waals surface area contributed by atoms with E-state index in [0.717, 1.165) is 0 Å². The number of anilines is 1. The second-order valence-electron chi connectivity index (χ2n) is 5.67. The molecule has 24 heavy (non-hydrogen) atoms. The zero-order chi connectivity index (χ0) is 17.6. The predicted molar refractivity (Wildman–Crippen MR) is 85.1 cm³/mol. The SMILES string of the molecule is CC(C)Oc1nc(N)nc2nn([C@@H]3O[C@H](CO)[C@@H](O)[C@@H]3F)c(Br)c12. The highest BCUT2D eigenvalue weighted by Gasteiger charge is 2.46. The first kappa shape index (κ1) is 17.3. The van der Waals surface area contributed by atoms with E-state index in [1.807, 2.05) is 13.8 Å². The summed E-state index contributed by atoms with van der Waals surface area (Å²) in [6.07, 6.45) is -5.66. The van der Waals surface area contributed by atoms with Crippen molar-refractivity contribution in [1.82, 2.24) is 19.7 Å². The van der Waals surface area contributed by atoms with Crippen molar-refractivity contribution in [3.05, 3.63) is 4.60 Å². The van der Waals surface area contributed by atoms with Crippen LogP contribution in [0.5, 0.6) is 5.88 Å². The molecular formula is C13H17BrFN5O4. The van der Waals surface area contributed by atoms with E-state index in [4.69, 9.17) is 20.3 Å². The molecule has 0 radical (unpaired) electrons.